The van der Waals surface area contributed by atoms with Crippen LogP contribution >= 0.6 is 0 Å². The summed E-state index contributed by atoms with van der Waals surface area (Å²) in [6.45, 7) is 0.599. The fourth-order valence-corrected chi connectivity index (χ4v) is 5.65. The summed E-state index contributed by atoms with van der Waals surface area (Å²) >= 11 is 0. The molecule has 1 aromatic carbocycles. The molecule has 6 heteroatoms. The number of rotatable bonds is 3. The molecular formula is C17H23NO4S. The van der Waals surface area contributed by atoms with Crippen LogP contribution in [0.1, 0.15) is 48.9 Å². The van der Waals surface area contributed by atoms with Crippen molar-refractivity contribution in [1.82, 2.24) is 4.31 Å². The Labute approximate surface area is 137 Å². The number of ether oxygens (including phenoxy) is 1. The number of carbonyl (C=O) groups is 1. The monoisotopic (exact) mass is 337 g/mol. The Balaban J connectivity index is 1.86. The van der Waals surface area contributed by atoms with Crippen LogP contribution in [0.4, 0.5) is 0 Å². The highest BCUT2D eigenvalue weighted by Gasteiger charge is 2.39. The van der Waals surface area contributed by atoms with Crippen molar-refractivity contribution in [2.24, 2.45) is 5.92 Å². The number of sulfonamides is 1. The van der Waals surface area contributed by atoms with E-state index in [9.17, 15) is 13.2 Å². The van der Waals surface area contributed by atoms with Crippen LogP contribution in [0.5, 0.6) is 0 Å². The highest BCUT2D eigenvalue weighted by molar-refractivity contribution is 7.89. The van der Waals surface area contributed by atoms with Gasteiger partial charge in [-0.3, -0.25) is 0 Å². The molecule has 0 N–H and O–H groups in total. The van der Waals surface area contributed by atoms with Crippen molar-refractivity contribution in [3.63, 3.8) is 0 Å². The first kappa shape index (κ1) is 16.5. The van der Waals surface area contributed by atoms with Crippen molar-refractivity contribution >= 4 is 16.0 Å². The maximum Gasteiger partial charge on any atom is 0.337 e. The van der Waals surface area contributed by atoms with Crippen molar-refractivity contribution < 1.29 is 17.9 Å². The zero-order valence-electron chi connectivity index (χ0n) is 13.4. The van der Waals surface area contributed by atoms with E-state index >= 15 is 0 Å². The van der Waals surface area contributed by atoms with Crippen molar-refractivity contribution in [3.8, 4) is 0 Å². The summed E-state index contributed by atoms with van der Waals surface area (Å²) in [5.74, 6) is 0.0425. The van der Waals surface area contributed by atoms with Gasteiger partial charge in [-0.05, 0) is 55.9 Å². The topological polar surface area (TPSA) is 63.7 Å². The van der Waals surface area contributed by atoms with Crippen LogP contribution < -0.4 is 0 Å². The molecule has 3 rings (SSSR count). The second kappa shape index (κ2) is 6.61. The van der Waals surface area contributed by atoms with E-state index in [1.165, 1.54) is 37.8 Å². The molecule has 0 radical (unpaired) electrons. The van der Waals surface area contributed by atoms with Gasteiger partial charge in [0.05, 0.1) is 17.6 Å². The maximum atomic E-state index is 13.0. The third-order valence-electron chi connectivity index (χ3n) is 5.07. The molecule has 0 bridgehead atoms. The molecule has 1 heterocycles. The molecule has 2 atom stereocenters. The minimum atomic E-state index is -3.50. The summed E-state index contributed by atoms with van der Waals surface area (Å²) in [4.78, 5) is 11.7. The molecule has 0 amide bonds. The van der Waals surface area contributed by atoms with E-state index in [2.05, 4.69) is 4.74 Å². The SMILES string of the molecule is COC(=O)c1ccc(S(=O)(=O)N2CCCC3CCCCC32)cc1. The van der Waals surface area contributed by atoms with Gasteiger partial charge in [0.1, 0.15) is 0 Å². The van der Waals surface area contributed by atoms with Gasteiger partial charge < -0.3 is 4.74 Å². The average molecular weight is 337 g/mol. The lowest BCUT2D eigenvalue weighted by atomic mass is 9.79. The Morgan fingerprint density at radius 1 is 1.09 bits per heavy atom. The van der Waals surface area contributed by atoms with E-state index in [1.54, 1.807) is 4.31 Å². The van der Waals surface area contributed by atoms with Gasteiger partial charge in [-0.15, -0.1) is 0 Å². The number of hydrogen-bond donors (Lipinski definition) is 0. The molecule has 0 aromatic heterocycles. The van der Waals surface area contributed by atoms with Gasteiger partial charge in [-0.25, -0.2) is 13.2 Å². The zero-order chi connectivity index (χ0) is 16.4. The summed E-state index contributed by atoms with van der Waals surface area (Å²) in [6.07, 6.45) is 6.48. The number of piperidine rings is 1. The first-order chi connectivity index (χ1) is 11.0. The predicted molar refractivity (Wildman–Crippen MR) is 86.7 cm³/mol. The second-order valence-corrected chi connectivity index (χ2v) is 8.28. The molecule has 5 nitrogen and oxygen atoms in total. The molecular weight excluding hydrogens is 314 g/mol. The third-order valence-corrected chi connectivity index (χ3v) is 7.01. The summed E-state index contributed by atoms with van der Waals surface area (Å²) in [7, 11) is -2.19. The van der Waals surface area contributed by atoms with E-state index in [-0.39, 0.29) is 10.9 Å². The molecule has 1 saturated heterocycles. The number of methoxy groups -OCH3 is 1. The van der Waals surface area contributed by atoms with E-state index in [1.807, 2.05) is 0 Å². The molecule has 126 valence electrons. The van der Waals surface area contributed by atoms with Crippen molar-refractivity contribution in [2.75, 3.05) is 13.7 Å². The second-order valence-electron chi connectivity index (χ2n) is 6.39. The predicted octanol–water partition coefficient (Wildman–Crippen LogP) is 2.82. The molecule has 1 aliphatic carbocycles. The smallest absolute Gasteiger partial charge is 0.337 e. The summed E-state index contributed by atoms with van der Waals surface area (Å²) in [5.41, 5.74) is 0.362. The van der Waals surface area contributed by atoms with Crippen molar-refractivity contribution in [3.05, 3.63) is 29.8 Å². The van der Waals surface area contributed by atoms with Crippen LogP contribution in [0.3, 0.4) is 0 Å². The number of benzene rings is 1. The van der Waals surface area contributed by atoms with Crippen LogP contribution in [0.15, 0.2) is 29.2 Å². The molecule has 0 spiro atoms. The normalized spacial score (nSPS) is 25.6. The lowest BCUT2D eigenvalue weighted by Crippen LogP contribution is -2.49. The third kappa shape index (κ3) is 3.15. The van der Waals surface area contributed by atoms with E-state index in [0.29, 0.717) is 18.0 Å². The van der Waals surface area contributed by atoms with Gasteiger partial charge >= 0.3 is 5.97 Å². The molecule has 1 aromatic rings. The minimum absolute atomic E-state index is 0.141. The molecule has 23 heavy (non-hydrogen) atoms. The summed E-state index contributed by atoms with van der Waals surface area (Å²) in [6, 6.07) is 6.19. The Hall–Kier alpha value is -1.40. The summed E-state index contributed by atoms with van der Waals surface area (Å²) < 4.78 is 32.4. The van der Waals surface area contributed by atoms with E-state index in [4.69, 9.17) is 0 Å². The van der Waals surface area contributed by atoms with Gasteiger partial charge in [-0.2, -0.15) is 4.31 Å². The maximum absolute atomic E-state index is 13.0. The fraction of sp³-hybridized carbons (Fsp3) is 0.588. The minimum Gasteiger partial charge on any atom is -0.465 e. The number of esters is 1. The largest absolute Gasteiger partial charge is 0.465 e. The summed E-state index contributed by atoms with van der Waals surface area (Å²) in [5, 5.41) is 0. The van der Waals surface area contributed by atoms with Crippen LogP contribution in [0.2, 0.25) is 0 Å². The van der Waals surface area contributed by atoms with Crippen LogP contribution in [-0.4, -0.2) is 38.4 Å². The molecule has 2 fully saturated rings. The Bertz CT molecular complexity index is 666. The standard InChI is InChI=1S/C17H23NO4S/c1-22-17(19)14-8-10-15(11-9-14)23(20,21)18-12-4-6-13-5-2-3-7-16(13)18/h8-11,13,16H,2-7,12H2,1H3. The first-order valence-corrected chi connectivity index (χ1v) is 9.68. The van der Waals surface area contributed by atoms with Crippen LogP contribution in [0.25, 0.3) is 0 Å². The Morgan fingerprint density at radius 2 is 1.74 bits per heavy atom. The lowest BCUT2D eigenvalue weighted by Gasteiger charge is -2.43. The highest BCUT2D eigenvalue weighted by Crippen LogP contribution is 2.38. The van der Waals surface area contributed by atoms with Gasteiger partial charge in [0.2, 0.25) is 10.0 Å². The number of carbonyl (C=O) groups excluding carboxylic acids is 1. The van der Waals surface area contributed by atoms with E-state index in [0.717, 1.165) is 32.1 Å². The van der Waals surface area contributed by atoms with E-state index < -0.39 is 16.0 Å². The molecule has 2 unspecified atom stereocenters. The van der Waals surface area contributed by atoms with Crippen LogP contribution in [0, 0.1) is 5.92 Å². The first-order valence-electron chi connectivity index (χ1n) is 8.24. The number of hydrogen-bond acceptors (Lipinski definition) is 4. The molecule has 1 saturated carbocycles. The lowest BCUT2D eigenvalue weighted by molar-refractivity contribution is 0.0600. The Morgan fingerprint density at radius 3 is 2.43 bits per heavy atom. The van der Waals surface area contributed by atoms with Crippen molar-refractivity contribution in [1.29, 1.82) is 0 Å². The average Bonchev–Trinajstić information content (AvgIpc) is 2.60. The fourth-order valence-electron chi connectivity index (χ4n) is 3.89. The molecule has 2 aliphatic rings. The highest BCUT2D eigenvalue weighted by atomic mass is 32.2. The number of nitrogens with zero attached hydrogens (tertiary/aromatic N) is 1. The molecule has 1 aliphatic heterocycles. The van der Waals surface area contributed by atoms with Gasteiger partial charge in [0, 0.05) is 12.6 Å². The van der Waals surface area contributed by atoms with Crippen molar-refractivity contribution in [2.45, 2.75) is 49.5 Å². The van der Waals surface area contributed by atoms with Gasteiger partial charge in [0.25, 0.3) is 0 Å². The number of fused-ring (bicyclic) bond motifs is 1. The van der Waals surface area contributed by atoms with Gasteiger partial charge in [0.15, 0.2) is 0 Å². The Kier molecular flexibility index (Phi) is 4.73. The van der Waals surface area contributed by atoms with Crippen LogP contribution in [-0.2, 0) is 14.8 Å². The quantitative estimate of drug-likeness (QED) is 0.796. The zero-order valence-corrected chi connectivity index (χ0v) is 14.2. The van der Waals surface area contributed by atoms with Gasteiger partial charge in [-0.1, -0.05) is 12.8 Å².